The maximum Gasteiger partial charge on any atom is 0.223 e. The van der Waals surface area contributed by atoms with Gasteiger partial charge >= 0.3 is 0 Å². The number of nitrogens with zero attached hydrogens (tertiary/aromatic N) is 2. The van der Waals surface area contributed by atoms with E-state index in [4.69, 9.17) is 11.6 Å². The summed E-state index contributed by atoms with van der Waals surface area (Å²) in [5, 5.41) is 4.13. The van der Waals surface area contributed by atoms with Gasteiger partial charge in [-0.1, -0.05) is 36.2 Å². The van der Waals surface area contributed by atoms with E-state index in [1.807, 2.05) is 42.6 Å². The summed E-state index contributed by atoms with van der Waals surface area (Å²) in [7, 11) is 0. The number of hydrogen-bond donors (Lipinski definition) is 1. The Labute approximate surface area is 172 Å². The highest BCUT2D eigenvalue weighted by Crippen LogP contribution is 2.32. The van der Waals surface area contributed by atoms with Crippen LogP contribution in [0.4, 0.5) is 0 Å². The highest BCUT2D eigenvalue weighted by Gasteiger charge is 2.33. The zero-order valence-electron chi connectivity index (χ0n) is 16.2. The molecule has 0 radical (unpaired) electrons. The van der Waals surface area contributed by atoms with Gasteiger partial charge in [-0.25, -0.2) is 0 Å². The van der Waals surface area contributed by atoms with E-state index in [0.29, 0.717) is 5.92 Å². The van der Waals surface area contributed by atoms with Gasteiger partial charge in [0.25, 0.3) is 0 Å². The average Bonchev–Trinajstić information content (AvgIpc) is 2.66. The largest absolute Gasteiger partial charge is 0.347 e. The Bertz CT molecular complexity index is 793. The Morgan fingerprint density at radius 3 is 2.79 bits per heavy atom. The number of benzene rings is 1. The zero-order chi connectivity index (χ0) is 19.3. The van der Waals surface area contributed by atoms with Gasteiger partial charge in [-0.15, -0.1) is 0 Å². The van der Waals surface area contributed by atoms with E-state index in [1.165, 1.54) is 12.0 Å². The van der Waals surface area contributed by atoms with Crippen molar-refractivity contribution >= 4 is 17.5 Å². The predicted octanol–water partition coefficient (Wildman–Crippen LogP) is 4.60. The summed E-state index contributed by atoms with van der Waals surface area (Å²) in [4.78, 5) is 19.8. The van der Waals surface area contributed by atoms with Gasteiger partial charge in [-0.3, -0.25) is 14.7 Å². The third-order valence-corrected chi connectivity index (χ3v) is 6.32. The summed E-state index contributed by atoms with van der Waals surface area (Å²) in [6, 6.07) is 14.1. The van der Waals surface area contributed by atoms with Crippen LogP contribution >= 0.6 is 11.6 Å². The molecule has 1 N–H and O–H groups in total. The molecule has 0 bridgehead atoms. The molecule has 28 heavy (non-hydrogen) atoms. The van der Waals surface area contributed by atoms with Crippen molar-refractivity contribution in [2.75, 3.05) is 13.1 Å². The molecule has 5 heteroatoms. The molecule has 0 spiro atoms. The monoisotopic (exact) mass is 397 g/mol. The van der Waals surface area contributed by atoms with Crippen molar-refractivity contribution in [2.24, 2.45) is 11.8 Å². The number of carbonyl (C=O) groups is 1. The van der Waals surface area contributed by atoms with Gasteiger partial charge in [0.15, 0.2) is 0 Å². The fraction of sp³-hybridized carbons (Fsp3) is 0.478. The molecule has 2 aliphatic rings. The highest BCUT2D eigenvalue weighted by atomic mass is 35.5. The molecular formula is C23H28ClN3O. The van der Waals surface area contributed by atoms with Crippen molar-refractivity contribution in [3.8, 4) is 0 Å². The van der Waals surface area contributed by atoms with Crippen molar-refractivity contribution in [3.05, 3.63) is 64.9 Å². The van der Waals surface area contributed by atoms with Crippen molar-refractivity contribution in [2.45, 2.75) is 44.7 Å². The number of piperidine rings is 1. The van der Waals surface area contributed by atoms with Gasteiger partial charge < -0.3 is 5.32 Å². The second-order valence-corrected chi connectivity index (χ2v) is 8.57. The molecule has 1 aromatic carbocycles. The lowest BCUT2D eigenvalue weighted by molar-refractivity contribution is -0.128. The topological polar surface area (TPSA) is 45.2 Å². The maximum absolute atomic E-state index is 12.7. The van der Waals surface area contributed by atoms with Gasteiger partial charge in [0.1, 0.15) is 0 Å². The molecule has 1 aliphatic carbocycles. The number of rotatable bonds is 6. The number of halogens is 1. The van der Waals surface area contributed by atoms with Crippen LogP contribution in [0.25, 0.3) is 0 Å². The van der Waals surface area contributed by atoms with Crippen LogP contribution in [0.15, 0.2) is 48.7 Å². The third kappa shape index (κ3) is 4.73. The molecule has 1 saturated heterocycles. The second-order valence-electron chi connectivity index (χ2n) is 8.14. The molecule has 4 nitrogen and oxygen atoms in total. The smallest absolute Gasteiger partial charge is 0.223 e. The van der Waals surface area contributed by atoms with Gasteiger partial charge in [-0.05, 0) is 68.0 Å². The van der Waals surface area contributed by atoms with Gasteiger partial charge in [-0.2, -0.15) is 0 Å². The predicted molar refractivity (Wildman–Crippen MR) is 112 cm³/mol. The first-order valence-corrected chi connectivity index (χ1v) is 10.7. The van der Waals surface area contributed by atoms with Gasteiger partial charge in [0, 0.05) is 30.2 Å². The second kappa shape index (κ2) is 9.06. The van der Waals surface area contributed by atoms with Crippen molar-refractivity contribution in [1.82, 2.24) is 15.2 Å². The molecule has 2 aromatic rings. The van der Waals surface area contributed by atoms with Crippen LogP contribution in [0, 0.1) is 11.8 Å². The van der Waals surface area contributed by atoms with Crippen LogP contribution in [0.3, 0.4) is 0 Å². The van der Waals surface area contributed by atoms with Gasteiger partial charge in [0.2, 0.25) is 5.91 Å². The van der Waals surface area contributed by atoms with Crippen LogP contribution in [-0.4, -0.2) is 28.9 Å². The normalized spacial score (nSPS) is 21.7. The lowest BCUT2D eigenvalue weighted by atomic mass is 9.83. The first kappa shape index (κ1) is 19.4. The van der Waals surface area contributed by atoms with E-state index in [1.54, 1.807) is 0 Å². The van der Waals surface area contributed by atoms with E-state index >= 15 is 0 Å². The summed E-state index contributed by atoms with van der Waals surface area (Å²) >= 11 is 6.15. The summed E-state index contributed by atoms with van der Waals surface area (Å²) in [6.45, 7) is 2.93. The molecule has 4 rings (SSSR count). The molecule has 1 aromatic heterocycles. The number of likely N-dealkylation sites (tertiary alicyclic amines) is 1. The van der Waals surface area contributed by atoms with Crippen LogP contribution in [0.5, 0.6) is 0 Å². The first-order chi connectivity index (χ1) is 13.7. The van der Waals surface area contributed by atoms with Crippen LogP contribution in [-0.2, 0) is 11.3 Å². The summed E-state index contributed by atoms with van der Waals surface area (Å²) in [5.41, 5.74) is 2.21. The molecule has 148 valence electrons. The fourth-order valence-electron chi connectivity index (χ4n) is 4.34. The number of carbonyl (C=O) groups excluding carboxylic acids is 1. The molecule has 2 atom stereocenters. The minimum absolute atomic E-state index is 0.0172. The fourth-order valence-corrected chi connectivity index (χ4v) is 4.55. The summed E-state index contributed by atoms with van der Waals surface area (Å²) in [6.07, 6.45) is 7.28. The Morgan fingerprint density at radius 1 is 1.18 bits per heavy atom. The third-order valence-electron chi connectivity index (χ3n) is 6.09. The van der Waals surface area contributed by atoms with Crippen molar-refractivity contribution in [3.63, 3.8) is 0 Å². The maximum atomic E-state index is 12.7. The molecule has 1 saturated carbocycles. The standard InChI is InChI=1S/C23H28ClN3O/c24-20-10-3-6-17(14-20)15-27-13-5-9-19(16-27)22(21-11-1-2-12-25-21)26-23(28)18-7-4-8-18/h1-3,6,10-12,14,18-19,22H,4-5,7-9,13,15-16H2,(H,26,28). The Morgan fingerprint density at radius 2 is 2.07 bits per heavy atom. The number of amides is 1. The average molecular weight is 398 g/mol. The summed E-state index contributed by atoms with van der Waals surface area (Å²) < 4.78 is 0. The zero-order valence-corrected chi connectivity index (χ0v) is 16.9. The van der Waals surface area contributed by atoms with Gasteiger partial charge in [0.05, 0.1) is 11.7 Å². The number of nitrogens with one attached hydrogen (secondary N) is 1. The van der Waals surface area contributed by atoms with E-state index in [-0.39, 0.29) is 17.9 Å². The lowest BCUT2D eigenvalue weighted by Gasteiger charge is -2.38. The Kier molecular flexibility index (Phi) is 6.28. The van der Waals surface area contributed by atoms with Crippen molar-refractivity contribution in [1.29, 1.82) is 0 Å². The summed E-state index contributed by atoms with van der Waals surface area (Å²) in [5.74, 6) is 0.762. The Hall–Kier alpha value is -1.91. The molecule has 1 amide bonds. The minimum Gasteiger partial charge on any atom is -0.347 e. The molecule has 2 unspecified atom stereocenters. The van der Waals surface area contributed by atoms with Crippen LogP contribution in [0.1, 0.15) is 49.4 Å². The van der Waals surface area contributed by atoms with E-state index in [0.717, 1.165) is 56.0 Å². The quantitative estimate of drug-likeness (QED) is 0.774. The first-order valence-electron chi connectivity index (χ1n) is 10.4. The SMILES string of the molecule is O=C(NC(c1ccccn1)C1CCCN(Cc2cccc(Cl)c2)C1)C1CCC1. The van der Waals surface area contributed by atoms with E-state index in [9.17, 15) is 4.79 Å². The Balaban J connectivity index is 1.47. The number of hydrogen-bond acceptors (Lipinski definition) is 3. The number of pyridine rings is 1. The molecule has 1 aliphatic heterocycles. The van der Waals surface area contributed by atoms with Crippen LogP contribution in [0.2, 0.25) is 5.02 Å². The molecule has 2 heterocycles. The van der Waals surface area contributed by atoms with Crippen LogP contribution < -0.4 is 5.32 Å². The number of aromatic nitrogens is 1. The molecular weight excluding hydrogens is 370 g/mol. The lowest BCUT2D eigenvalue weighted by Crippen LogP contribution is -2.45. The van der Waals surface area contributed by atoms with E-state index in [2.05, 4.69) is 21.3 Å². The molecule has 2 fully saturated rings. The van der Waals surface area contributed by atoms with Crippen molar-refractivity contribution < 1.29 is 4.79 Å². The highest BCUT2D eigenvalue weighted by molar-refractivity contribution is 6.30. The minimum atomic E-state index is -0.0172. The van der Waals surface area contributed by atoms with E-state index < -0.39 is 0 Å².